The summed E-state index contributed by atoms with van der Waals surface area (Å²) in [6, 6.07) is 9.42. The molecule has 1 aromatic carbocycles. The van der Waals surface area contributed by atoms with Crippen molar-refractivity contribution >= 4 is 17.3 Å². The van der Waals surface area contributed by atoms with Crippen molar-refractivity contribution in [3.8, 4) is 23.0 Å². The highest BCUT2D eigenvalue weighted by Gasteiger charge is 2.33. The van der Waals surface area contributed by atoms with Gasteiger partial charge in [-0.25, -0.2) is 4.98 Å². The van der Waals surface area contributed by atoms with E-state index in [9.17, 15) is 18.0 Å². The van der Waals surface area contributed by atoms with E-state index in [1.807, 2.05) is 13.0 Å². The summed E-state index contributed by atoms with van der Waals surface area (Å²) in [5, 5.41) is 2.71. The molecule has 214 valence electrons. The quantitative estimate of drug-likeness (QED) is 0.408. The van der Waals surface area contributed by atoms with Crippen molar-refractivity contribution in [1.82, 2.24) is 9.97 Å². The molecule has 2 saturated heterocycles. The van der Waals surface area contributed by atoms with Crippen LogP contribution in [0.1, 0.15) is 47.1 Å². The number of hydrogen-bond acceptors (Lipinski definition) is 6. The molecule has 1 amide bonds. The van der Waals surface area contributed by atoms with Gasteiger partial charge in [0, 0.05) is 54.8 Å². The third-order valence-corrected chi connectivity index (χ3v) is 7.22. The molecular weight excluding hydrogens is 533 g/mol. The van der Waals surface area contributed by atoms with E-state index >= 15 is 0 Å². The zero-order valence-electron chi connectivity index (χ0n) is 22.9. The molecule has 41 heavy (non-hydrogen) atoms. The van der Waals surface area contributed by atoms with Gasteiger partial charge in [0.2, 0.25) is 0 Å². The van der Waals surface area contributed by atoms with Crippen molar-refractivity contribution < 1.29 is 27.4 Å². The van der Waals surface area contributed by atoms with Gasteiger partial charge in [0.1, 0.15) is 11.4 Å². The topological polar surface area (TPSA) is 76.6 Å². The summed E-state index contributed by atoms with van der Waals surface area (Å²) in [7, 11) is 0. The molecule has 2 fully saturated rings. The van der Waals surface area contributed by atoms with E-state index in [1.165, 1.54) is 6.07 Å². The van der Waals surface area contributed by atoms with Crippen molar-refractivity contribution in [3.05, 3.63) is 71.3 Å². The molecule has 0 spiro atoms. The van der Waals surface area contributed by atoms with Gasteiger partial charge in [0.15, 0.2) is 0 Å². The molecule has 2 aliphatic rings. The Labute approximate surface area is 237 Å². The standard InChI is InChI=1S/C31H31F3N4O3/c1-20-3-5-25(37-30(39)23-7-9-35-29(17-23)31(32,33)34)18-26(20)24-16-28(38-10-13-40-14-11-38)27(36-19-24)6-4-22-8-12-41-21(2)15-22/h3,5,7,9,16-19,21-22H,8,10-15H2,1-2H3,(H,37,39). The minimum atomic E-state index is -4.64. The van der Waals surface area contributed by atoms with Gasteiger partial charge in [-0.3, -0.25) is 9.78 Å². The molecule has 0 saturated carbocycles. The Morgan fingerprint density at radius 3 is 2.66 bits per heavy atom. The fraction of sp³-hybridized carbons (Fsp3) is 0.387. The first kappa shape index (κ1) is 28.6. The maximum Gasteiger partial charge on any atom is 0.433 e. The fourth-order valence-electron chi connectivity index (χ4n) is 4.98. The first-order valence-corrected chi connectivity index (χ1v) is 13.6. The third kappa shape index (κ3) is 7.04. The summed E-state index contributed by atoms with van der Waals surface area (Å²) in [4.78, 5) is 23.1. The molecule has 0 bridgehead atoms. The molecule has 5 rings (SSSR count). The Kier molecular flexibility index (Phi) is 8.57. The van der Waals surface area contributed by atoms with Crippen LogP contribution in [0.5, 0.6) is 0 Å². The Morgan fingerprint density at radius 2 is 1.90 bits per heavy atom. The minimum absolute atomic E-state index is 0.132. The molecule has 0 radical (unpaired) electrons. The summed E-state index contributed by atoms with van der Waals surface area (Å²) < 4.78 is 50.4. The van der Waals surface area contributed by atoms with Crippen LogP contribution in [0.25, 0.3) is 11.1 Å². The minimum Gasteiger partial charge on any atom is -0.378 e. The van der Waals surface area contributed by atoms with Gasteiger partial charge in [-0.15, -0.1) is 0 Å². The van der Waals surface area contributed by atoms with E-state index in [2.05, 4.69) is 40.0 Å². The highest BCUT2D eigenvalue weighted by atomic mass is 19.4. The number of hydrogen-bond donors (Lipinski definition) is 1. The predicted molar refractivity (Wildman–Crippen MR) is 150 cm³/mol. The van der Waals surface area contributed by atoms with Crippen molar-refractivity contribution in [2.75, 3.05) is 43.1 Å². The zero-order chi connectivity index (χ0) is 29.0. The van der Waals surface area contributed by atoms with Gasteiger partial charge < -0.3 is 19.7 Å². The van der Waals surface area contributed by atoms with Crippen LogP contribution in [-0.2, 0) is 15.7 Å². The number of halogens is 3. The lowest BCUT2D eigenvalue weighted by molar-refractivity contribution is -0.141. The molecule has 2 atom stereocenters. The second kappa shape index (κ2) is 12.3. The maximum absolute atomic E-state index is 13.1. The second-order valence-electron chi connectivity index (χ2n) is 10.3. The van der Waals surface area contributed by atoms with Crippen LogP contribution >= 0.6 is 0 Å². The van der Waals surface area contributed by atoms with Crippen molar-refractivity contribution in [2.45, 2.75) is 39.0 Å². The molecule has 7 nitrogen and oxygen atoms in total. The summed E-state index contributed by atoms with van der Waals surface area (Å²) in [5.74, 6) is 6.33. The third-order valence-electron chi connectivity index (χ3n) is 7.22. The first-order chi connectivity index (χ1) is 19.7. The maximum atomic E-state index is 13.1. The van der Waals surface area contributed by atoms with E-state index < -0.39 is 17.8 Å². The number of rotatable bonds is 4. The zero-order valence-corrected chi connectivity index (χ0v) is 22.9. The van der Waals surface area contributed by atoms with Crippen LogP contribution in [0.15, 0.2) is 48.8 Å². The number of carbonyl (C=O) groups is 1. The highest BCUT2D eigenvalue weighted by Crippen LogP contribution is 2.32. The number of ether oxygens (including phenoxy) is 2. The number of alkyl halides is 3. The Balaban J connectivity index is 1.43. The molecular formula is C31H31F3N4O3. The van der Waals surface area contributed by atoms with E-state index in [4.69, 9.17) is 14.5 Å². The van der Waals surface area contributed by atoms with Crippen LogP contribution in [0.3, 0.4) is 0 Å². The van der Waals surface area contributed by atoms with Crippen LogP contribution < -0.4 is 10.2 Å². The molecule has 4 heterocycles. The Morgan fingerprint density at radius 1 is 1.10 bits per heavy atom. The van der Waals surface area contributed by atoms with Gasteiger partial charge in [0.25, 0.3) is 5.91 Å². The number of nitrogens with one attached hydrogen (secondary N) is 1. The number of aryl methyl sites for hydroxylation is 1. The van der Waals surface area contributed by atoms with Crippen molar-refractivity contribution in [1.29, 1.82) is 0 Å². The monoisotopic (exact) mass is 564 g/mol. The average molecular weight is 565 g/mol. The highest BCUT2D eigenvalue weighted by molar-refractivity contribution is 6.04. The van der Waals surface area contributed by atoms with Gasteiger partial charge >= 0.3 is 6.18 Å². The largest absolute Gasteiger partial charge is 0.433 e. The van der Waals surface area contributed by atoms with Crippen molar-refractivity contribution in [3.63, 3.8) is 0 Å². The molecule has 2 aliphatic heterocycles. The summed E-state index contributed by atoms with van der Waals surface area (Å²) >= 11 is 0. The van der Waals surface area contributed by atoms with E-state index in [-0.39, 0.29) is 17.6 Å². The van der Waals surface area contributed by atoms with Crippen LogP contribution in [0.2, 0.25) is 0 Å². The van der Waals surface area contributed by atoms with E-state index in [0.717, 1.165) is 60.6 Å². The molecule has 1 N–H and O–H groups in total. The molecule has 2 unspecified atom stereocenters. The summed E-state index contributed by atoms with van der Waals surface area (Å²) in [6.07, 6.45) is 0.0947. The molecule has 10 heteroatoms. The number of morpholine rings is 1. The molecule has 0 aliphatic carbocycles. The predicted octanol–water partition coefficient (Wildman–Crippen LogP) is 5.73. The van der Waals surface area contributed by atoms with Gasteiger partial charge in [-0.2, -0.15) is 13.2 Å². The lowest BCUT2D eigenvalue weighted by atomic mass is 9.96. The average Bonchev–Trinajstić information content (AvgIpc) is 2.97. The van der Waals surface area contributed by atoms with Crippen LogP contribution in [0.4, 0.5) is 24.5 Å². The Hall–Kier alpha value is -3.94. The van der Waals surface area contributed by atoms with Gasteiger partial charge in [-0.05, 0) is 74.1 Å². The summed E-state index contributed by atoms with van der Waals surface area (Å²) in [5.41, 5.74) is 3.46. The number of benzene rings is 1. The molecule has 2 aromatic heterocycles. The van der Waals surface area contributed by atoms with Crippen molar-refractivity contribution in [2.24, 2.45) is 5.92 Å². The number of anilines is 2. The SMILES string of the molecule is Cc1ccc(NC(=O)c2ccnc(C(F)(F)F)c2)cc1-c1cnc(C#CC2CCOC(C)C2)c(N2CCOCC2)c1. The Bertz CT molecular complexity index is 1480. The van der Waals surface area contributed by atoms with E-state index in [1.54, 1.807) is 18.3 Å². The number of pyridine rings is 2. The smallest absolute Gasteiger partial charge is 0.378 e. The second-order valence-corrected chi connectivity index (χ2v) is 10.3. The number of carbonyl (C=O) groups excluding carboxylic acids is 1. The normalized spacial score (nSPS) is 19.3. The van der Waals surface area contributed by atoms with E-state index in [0.29, 0.717) is 31.2 Å². The molecule has 3 aromatic rings. The lowest BCUT2D eigenvalue weighted by Gasteiger charge is -2.30. The lowest BCUT2D eigenvalue weighted by Crippen LogP contribution is -2.36. The fourth-order valence-corrected chi connectivity index (χ4v) is 4.98. The number of amides is 1. The van der Waals surface area contributed by atoms with Gasteiger partial charge in [-0.1, -0.05) is 12.0 Å². The number of nitrogens with zero attached hydrogens (tertiary/aromatic N) is 3. The number of aromatic nitrogens is 2. The van der Waals surface area contributed by atoms with Gasteiger partial charge in [0.05, 0.1) is 25.0 Å². The van der Waals surface area contributed by atoms with Crippen LogP contribution in [0, 0.1) is 24.7 Å². The summed E-state index contributed by atoms with van der Waals surface area (Å²) in [6.45, 7) is 7.38. The first-order valence-electron chi connectivity index (χ1n) is 13.6. The van der Waals surface area contributed by atoms with Crippen LogP contribution in [-0.4, -0.2) is 54.9 Å².